The van der Waals surface area contributed by atoms with Gasteiger partial charge in [0.05, 0.1) is 16.6 Å². The van der Waals surface area contributed by atoms with Gasteiger partial charge in [-0.25, -0.2) is 4.79 Å². The predicted molar refractivity (Wildman–Crippen MR) is 56.7 cm³/mol. The zero-order valence-corrected chi connectivity index (χ0v) is 8.69. The Hall–Kier alpha value is -1.76. The van der Waals surface area contributed by atoms with E-state index in [9.17, 15) is 18.0 Å². The van der Waals surface area contributed by atoms with Crippen molar-refractivity contribution in [1.82, 2.24) is 9.97 Å². The summed E-state index contributed by atoms with van der Waals surface area (Å²) in [5, 5.41) is 0. The maximum atomic E-state index is 12.8. The molecule has 0 aliphatic rings. The second-order valence-corrected chi connectivity index (χ2v) is 3.67. The molecule has 0 aliphatic heterocycles. The van der Waals surface area contributed by atoms with Gasteiger partial charge in [0, 0.05) is 0 Å². The first-order valence-corrected chi connectivity index (χ1v) is 4.94. The van der Waals surface area contributed by atoms with Crippen LogP contribution in [0.4, 0.5) is 13.2 Å². The number of aromatic amines is 2. The van der Waals surface area contributed by atoms with Crippen molar-refractivity contribution in [2.75, 3.05) is 6.54 Å². The van der Waals surface area contributed by atoms with E-state index >= 15 is 0 Å². The highest BCUT2D eigenvalue weighted by Gasteiger charge is 2.33. The van der Waals surface area contributed by atoms with Crippen molar-refractivity contribution in [3.8, 4) is 0 Å². The Bertz CT molecular complexity index is 597. The summed E-state index contributed by atoms with van der Waals surface area (Å²) in [6.07, 6.45) is -4.34. The van der Waals surface area contributed by atoms with Crippen LogP contribution in [0.1, 0.15) is 11.1 Å². The Morgan fingerprint density at radius 1 is 1.18 bits per heavy atom. The molecular weight excluding hydrogens is 235 g/mol. The molecule has 0 unspecified atom stereocenters. The minimum Gasteiger partial charge on any atom is -0.330 e. The van der Waals surface area contributed by atoms with Crippen molar-refractivity contribution in [2.24, 2.45) is 5.73 Å². The number of imidazole rings is 1. The molecule has 0 aliphatic carbocycles. The number of halogens is 3. The fraction of sp³-hybridized carbons (Fsp3) is 0.300. The fourth-order valence-electron chi connectivity index (χ4n) is 1.75. The average molecular weight is 245 g/mol. The summed E-state index contributed by atoms with van der Waals surface area (Å²) in [4.78, 5) is 15.7. The van der Waals surface area contributed by atoms with E-state index in [0.717, 1.165) is 6.07 Å². The minimum atomic E-state index is -4.45. The number of H-pyrrole nitrogens is 2. The third-order valence-electron chi connectivity index (χ3n) is 2.46. The molecule has 1 aromatic heterocycles. The zero-order valence-electron chi connectivity index (χ0n) is 8.69. The number of alkyl halides is 3. The van der Waals surface area contributed by atoms with E-state index in [1.165, 1.54) is 6.07 Å². The summed E-state index contributed by atoms with van der Waals surface area (Å²) in [6.45, 7) is 0.114. The number of nitrogens with two attached hydrogens (primary N) is 1. The molecular formula is C10H10F3N3O. The summed E-state index contributed by atoms with van der Waals surface area (Å²) < 4.78 is 38.3. The van der Waals surface area contributed by atoms with E-state index in [1.54, 1.807) is 0 Å². The number of fused-ring (bicyclic) bond motifs is 1. The monoisotopic (exact) mass is 245 g/mol. The van der Waals surface area contributed by atoms with Gasteiger partial charge in [-0.05, 0) is 30.7 Å². The van der Waals surface area contributed by atoms with E-state index in [2.05, 4.69) is 9.97 Å². The number of benzene rings is 1. The lowest BCUT2D eigenvalue weighted by molar-refractivity contribution is -0.138. The number of hydrogen-bond acceptors (Lipinski definition) is 2. The maximum absolute atomic E-state index is 12.8. The summed E-state index contributed by atoms with van der Waals surface area (Å²) >= 11 is 0. The van der Waals surface area contributed by atoms with Crippen LogP contribution in [0.5, 0.6) is 0 Å². The molecule has 17 heavy (non-hydrogen) atoms. The summed E-state index contributed by atoms with van der Waals surface area (Å²) in [7, 11) is 0. The molecule has 0 fully saturated rings. The van der Waals surface area contributed by atoms with Crippen LogP contribution in [0.15, 0.2) is 16.9 Å². The third kappa shape index (κ3) is 2.19. The van der Waals surface area contributed by atoms with Gasteiger partial charge in [-0.15, -0.1) is 0 Å². The fourth-order valence-corrected chi connectivity index (χ4v) is 1.75. The molecule has 0 radical (unpaired) electrons. The standard InChI is InChI=1S/C10H10F3N3O/c11-10(12,13)6-4-8-7(15-9(17)16-8)3-5(6)1-2-14/h3-4H,1-2,14H2,(H2,15,16,17). The molecule has 0 atom stereocenters. The number of nitrogens with one attached hydrogen (secondary N) is 2. The Morgan fingerprint density at radius 3 is 2.29 bits per heavy atom. The highest BCUT2D eigenvalue weighted by atomic mass is 19.4. The molecule has 2 aromatic rings. The molecule has 1 heterocycles. The summed E-state index contributed by atoms with van der Waals surface area (Å²) in [5.41, 5.74) is 4.57. The number of aromatic nitrogens is 2. The summed E-state index contributed by atoms with van der Waals surface area (Å²) in [6, 6.07) is 2.24. The van der Waals surface area contributed by atoms with E-state index < -0.39 is 17.4 Å². The number of hydrogen-bond donors (Lipinski definition) is 3. The van der Waals surface area contributed by atoms with Crippen molar-refractivity contribution in [3.63, 3.8) is 0 Å². The lowest BCUT2D eigenvalue weighted by Crippen LogP contribution is -2.12. The van der Waals surface area contributed by atoms with E-state index in [0.29, 0.717) is 5.52 Å². The van der Waals surface area contributed by atoms with Gasteiger partial charge in [0.25, 0.3) is 0 Å². The van der Waals surface area contributed by atoms with Gasteiger partial charge in [0.1, 0.15) is 0 Å². The molecule has 0 saturated heterocycles. The van der Waals surface area contributed by atoms with E-state index in [4.69, 9.17) is 5.73 Å². The molecule has 7 heteroatoms. The highest BCUT2D eigenvalue weighted by Crippen LogP contribution is 2.33. The molecule has 1 aromatic carbocycles. The van der Waals surface area contributed by atoms with Gasteiger partial charge in [0.2, 0.25) is 0 Å². The Morgan fingerprint density at radius 2 is 1.76 bits per heavy atom. The molecule has 4 nitrogen and oxygen atoms in total. The van der Waals surface area contributed by atoms with Crippen LogP contribution in [0.2, 0.25) is 0 Å². The Labute approximate surface area is 93.6 Å². The van der Waals surface area contributed by atoms with Crippen molar-refractivity contribution in [2.45, 2.75) is 12.6 Å². The van der Waals surface area contributed by atoms with Gasteiger partial charge < -0.3 is 15.7 Å². The minimum absolute atomic E-state index is 0.0859. The van der Waals surface area contributed by atoms with E-state index in [1.807, 2.05) is 0 Å². The predicted octanol–water partition coefficient (Wildman–Crippen LogP) is 1.38. The first kappa shape index (κ1) is 11.7. The molecule has 0 bridgehead atoms. The van der Waals surface area contributed by atoms with Crippen LogP contribution < -0.4 is 11.4 Å². The third-order valence-corrected chi connectivity index (χ3v) is 2.46. The summed E-state index contributed by atoms with van der Waals surface area (Å²) in [5.74, 6) is 0. The maximum Gasteiger partial charge on any atom is 0.416 e. The molecule has 0 spiro atoms. The van der Waals surface area contributed by atoms with Crippen LogP contribution in [-0.2, 0) is 12.6 Å². The van der Waals surface area contributed by atoms with Gasteiger partial charge in [0.15, 0.2) is 0 Å². The quantitative estimate of drug-likeness (QED) is 0.747. The van der Waals surface area contributed by atoms with Crippen molar-refractivity contribution in [1.29, 1.82) is 0 Å². The first-order valence-electron chi connectivity index (χ1n) is 4.94. The second-order valence-electron chi connectivity index (χ2n) is 3.67. The zero-order chi connectivity index (χ0) is 12.6. The Balaban J connectivity index is 2.69. The van der Waals surface area contributed by atoms with Crippen LogP contribution in [0.25, 0.3) is 11.0 Å². The number of rotatable bonds is 2. The van der Waals surface area contributed by atoms with Crippen LogP contribution in [0.3, 0.4) is 0 Å². The molecule has 92 valence electrons. The topological polar surface area (TPSA) is 74.7 Å². The van der Waals surface area contributed by atoms with Gasteiger partial charge in [-0.3, -0.25) is 0 Å². The van der Waals surface area contributed by atoms with E-state index in [-0.39, 0.29) is 24.0 Å². The molecule has 4 N–H and O–H groups in total. The molecule has 0 amide bonds. The molecule has 2 rings (SSSR count). The van der Waals surface area contributed by atoms with Crippen molar-refractivity contribution in [3.05, 3.63) is 33.7 Å². The Kier molecular flexibility index (Phi) is 2.70. The highest BCUT2D eigenvalue weighted by molar-refractivity contribution is 5.76. The second kappa shape index (κ2) is 3.92. The molecule has 0 saturated carbocycles. The van der Waals surface area contributed by atoms with Crippen molar-refractivity contribution < 1.29 is 13.2 Å². The van der Waals surface area contributed by atoms with Gasteiger partial charge in [-0.1, -0.05) is 0 Å². The van der Waals surface area contributed by atoms with Gasteiger partial charge >= 0.3 is 11.9 Å². The largest absolute Gasteiger partial charge is 0.416 e. The van der Waals surface area contributed by atoms with Crippen LogP contribution in [-0.4, -0.2) is 16.5 Å². The van der Waals surface area contributed by atoms with Crippen molar-refractivity contribution >= 4 is 11.0 Å². The smallest absolute Gasteiger partial charge is 0.330 e. The lowest BCUT2D eigenvalue weighted by Gasteiger charge is -2.12. The average Bonchev–Trinajstić information content (AvgIpc) is 2.55. The normalized spacial score (nSPS) is 12.2. The van der Waals surface area contributed by atoms with Crippen LogP contribution >= 0.6 is 0 Å². The SMILES string of the molecule is NCCc1cc2[nH]c(=O)[nH]c2cc1C(F)(F)F. The van der Waals surface area contributed by atoms with Gasteiger partial charge in [-0.2, -0.15) is 13.2 Å². The first-order chi connectivity index (χ1) is 7.91. The van der Waals surface area contributed by atoms with Crippen LogP contribution in [0, 0.1) is 0 Å². The lowest BCUT2D eigenvalue weighted by atomic mass is 10.0.